The van der Waals surface area contributed by atoms with Crippen molar-refractivity contribution in [2.45, 2.75) is 89.7 Å². The van der Waals surface area contributed by atoms with Gasteiger partial charge in [0, 0.05) is 12.8 Å². The van der Waals surface area contributed by atoms with Crippen LogP contribution in [-0.4, -0.2) is 44.8 Å². The van der Waals surface area contributed by atoms with Crippen LogP contribution in [0.15, 0.2) is 36.5 Å². The molecule has 0 fully saturated rings. The maximum Gasteiger partial charge on any atom is 0.470 e. The highest BCUT2D eigenvalue weighted by atomic mass is 31.2. The summed E-state index contributed by atoms with van der Waals surface area (Å²) in [6.45, 7) is 1.56. The maximum absolute atomic E-state index is 11.9. The van der Waals surface area contributed by atoms with E-state index in [0.29, 0.717) is 12.8 Å². The molecule has 0 bridgehead atoms. The Bertz CT molecular complexity index is 745. The summed E-state index contributed by atoms with van der Waals surface area (Å²) >= 11 is 0. The number of phosphoric acid groups is 1. The molecule has 0 spiro atoms. The van der Waals surface area contributed by atoms with Crippen molar-refractivity contribution in [2.75, 3.05) is 0 Å². The molecule has 6 N–H and O–H groups in total. The number of unbranched alkanes of at least 4 members (excludes halogenated alkanes) is 5. The van der Waals surface area contributed by atoms with Gasteiger partial charge in [0.25, 0.3) is 0 Å². The molecule has 0 aliphatic carbocycles. The quantitative estimate of drug-likeness (QED) is 0.0954. The van der Waals surface area contributed by atoms with Crippen LogP contribution in [0.2, 0.25) is 0 Å². The van der Waals surface area contributed by atoms with Gasteiger partial charge in [0.05, 0.1) is 6.10 Å². The lowest BCUT2D eigenvalue weighted by Crippen LogP contribution is -2.41. The number of phosphoric ester groups is 1. The Morgan fingerprint density at radius 2 is 1.53 bits per heavy atom. The molecule has 34 heavy (non-hydrogen) atoms. The minimum Gasteiger partial charge on any atom is -0.480 e. The minimum atomic E-state index is -4.45. The summed E-state index contributed by atoms with van der Waals surface area (Å²) in [4.78, 5) is 51.1. The molecule has 0 aliphatic rings. The third kappa shape index (κ3) is 21.6. The zero-order chi connectivity index (χ0) is 25.8. The number of hydrogen-bond donors (Lipinski definition) is 5. The number of nitrogens with two attached hydrogens (primary N) is 1. The first kappa shape index (κ1) is 31.7. The number of rotatable bonds is 20. The van der Waals surface area contributed by atoms with Gasteiger partial charge in [0.1, 0.15) is 6.04 Å². The van der Waals surface area contributed by atoms with Gasteiger partial charge in [-0.15, -0.1) is 0 Å². The summed E-state index contributed by atoms with van der Waals surface area (Å²) in [5.74, 6) is -2.09. The summed E-state index contributed by atoms with van der Waals surface area (Å²) in [5, 5.41) is 11.5. The van der Waals surface area contributed by atoms with E-state index in [4.69, 9.17) is 20.6 Å². The van der Waals surface area contributed by atoms with E-state index in [1.807, 2.05) is 12.2 Å². The Labute approximate surface area is 201 Å². The molecule has 0 saturated heterocycles. The van der Waals surface area contributed by atoms with Crippen LogP contribution in [0.1, 0.15) is 77.6 Å². The number of carboxylic acid groups (broad SMARTS) is 1. The highest BCUT2D eigenvalue weighted by molar-refractivity contribution is 7.46. The Kier molecular flexibility index (Phi) is 17.8. The van der Waals surface area contributed by atoms with Crippen molar-refractivity contribution < 1.29 is 38.4 Å². The average molecular weight is 503 g/mol. The summed E-state index contributed by atoms with van der Waals surface area (Å²) in [6.07, 6.45) is 18.3. The zero-order valence-electron chi connectivity index (χ0n) is 19.8. The zero-order valence-corrected chi connectivity index (χ0v) is 20.7. The molecule has 0 aliphatic heterocycles. The van der Waals surface area contributed by atoms with E-state index in [9.17, 15) is 18.9 Å². The number of allylic oxidation sites excluding steroid dienone is 5. The van der Waals surface area contributed by atoms with Crippen molar-refractivity contribution in [1.29, 1.82) is 0 Å². The first-order chi connectivity index (χ1) is 16.0. The number of aliphatic carboxylic acids is 1. The highest BCUT2D eigenvalue weighted by Crippen LogP contribution is 2.37. The third-order valence-corrected chi connectivity index (χ3v) is 5.28. The topological polar surface area (TPSA) is 176 Å². The van der Waals surface area contributed by atoms with E-state index >= 15 is 0 Å². The van der Waals surface area contributed by atoms with Crippen LogP contribution in [0.5, 0.6) is 0 Å². The second-order valence-corrected chi connectivity index (χ2v) is 9.11. The fraction of sp³-hybridized carbons (Fsp3) is 0.609. The van der Waals surface area contributed by atoms with Gasteiger partial charge in [-0.3, -0.25) is 14.1 Å². The number of amides is 2. The molecule has 0 saturated carbocycles. The predicted molar refractivity (Wildman–Crippen MR) is 130 cm³/mol. The van der Waals surface area contributed by atoms with Gasteiger partial charge >= 0.3 is 13.8 Å². The van der Waals surface area contributed by atoms with Gasteiger partial charge in [-0.05, 0) is 45.4 Å². The Hall–Kier alpha value is -2.26. The van der Waals surface area contributed by atoms with Crippen molar-refractivity contribution in [3.63, 3.8) is 0 Å². The standard InChI is InChI=1S/C23H39N2O8P/c1-19(33-34(30,31)32)15-13-11-9-7-5-3-2-4-6-8-10-12-14-16-22(27)25-20(23(28)29)17-18-21(24)26/h2-3,7,9,13,15,19-20H,4-6,8,10-12,14,16-18H2,1H3,(H2,24,26)(H,25,27)(H,28,29)(H2,30,31,32)/t19?,20-/m0/s1. The normalized spacial score (nSPS) is 14.1. The largest absolute Gasteiger partial charge is 0.480 e. The van der Waals surface area contributed by atoms with Gasteiger partial charge < -0.3 is 25.9 Å². The molecule has 2 amide bonds. The van der Waals surface area contributed by atoms with Crippen LogP contribution in [0.3, 0.4) is 0 Å². The van der Waals surface area contributed by atoms with Crippen molar-refractivity contribution in [3.05, 3.63) is 36.5 Å². The van der Waals surface area contributed by atoms with Crippen LogP contribution in [0.4, 0.5) is 0 Å². The highest BCUT2D eigenvalue weighted by Gasteiger charge is 2.20. The molecule has 0 rings (SSSR count). The lowest BCUT2D eigenvalue weighted by molar-refractivity contribution is -0.142. The smallest absolute Gasteiger partial charge is 0.470 e. The fourth-order valence-corrected chi connectivity index (χ4v) is 3.48. The fourth-order valence-electron chi connectivity index (χ4n) is 2.97. The second-order valence-electron chi connectivity index (χ2n) is 7.91. The molecule has 2 atom stereocenters. The third-order valence-electron chi connectivity index (χ3n) is 4.68. The first-order valence-corrected chi connectivity index (χ1v) is 13.1. The van der Waals surface area contributed by atoms with Crippen LogP contribution in [0.25, 0.3) is 0 Å². The number of carbonyl (C=O) groups is 3. The summed E-state index contributed by atoms with van der Waals surface area (Å²) in [6, 6.07) is -1.09. The number of primary amides is 1. The van der Waals surface area contributed by atoms with Crippen molar-refractivity contribution in [2.24, 2.45) is 5.73 Å². The van der Waals surface area contributed by atoms with Gasteiger partial charge in [0.15, 0.2) is 0 Å². The lowest BCUT2D eigenvalue weighted by atomic mass is 10.1. The Morgan fingerprint density at radius 3 is 2.15 bits per heavy atom. The van der Waals surface area contributed by atoms with E-state index in [1.54, 1.807) is 19.1 Å². The lowest BCUT2D eigenvalue weighted by Gasteiger charge is -2.13. The van der Waals surface area contributed by atoms with Crippen molar-refractivity contribution in [3.8, 4) is 0 Å². The summed E-state index contributed by atoms with van der Waals surface area (Å²) in [5.41, 5.74) is 5.01. The van der Waals surface area contributed by atoms with Gasteiger partial charge in [-0.25, -0.2) is 9.36 Å². The molecule has 0 radical (unpaired) electrons. The second kappa shape index (κ2) is 19.1. The molecule has 1 unspecified atom stereocenters. The summed E-state index contributed by atoms with van der Waals surface area (Å²) < 4.78 is 15.2. The maximum atomic E-state index is 11.9. The molecular formula is C23H39N2O8P. The molecule has 10 nitrogen and oxygen atoms in total. The SMILES string of the molecule is CC(C=CCC=CCC=CCCCCCCCC(=O)N[C@@H](CCC(N)=O)C(=O)O)OP(=O)(O)O. The van der Waals surface area contributed by atoms with Crippen molar-refractivity contribution >= 4 is 25.6 Å². The van der Waals surface area contributed by atoms with Crippen LogP contribution < -0.4 is 11.1 Å². The van der Waals surface area contributed by atoms with E-state index in [1.165, 1.54) is 0 Å². The van der Waals surface area contributed by atoms with E-state index in [2.05, 4.69) is 22.0 Å². The van der Waals surface area contributed by atoms with E-state index in [-0.39, 0.29) is 25.2 Å². The molecule has 11 heteroatoms. The Morgan fingerprint density at radius 1 is 0.941 bits per heavy atom. The van der Waals surface area contributed by atoms with Gasteiger partial charge in [-0.1, -0.05) is 55.7 Å². The molecule has 0 aromatic rings. The Balaban J connectivity index is 3.72. The molecular weight excluding hydrogens is 463 g/mol. The van der Waals surface area contributed by atoms with E-state index < -0.39 is 31.8 Å². The first-order valence-electron chi connectivity index (χ1n) is 11.5. The minimum absolute atomic E-state index is 0.00666. The molecule has 0 heterocycles. The molecule has 0 aromatic heterocycles. The van der Waals surface area contributed by atoms with Crippen molar-refractivity contribution in [1.82, 2.24) is 5.32 Å². The number of carbonyl (C=O) groups excluding carboxylic acids is 2. The molecule has 0 aromatic carbocycles. The van der Waals surface area contributed by atoms with Gasteiger partial charge in [0.2, 0.25) is 11.8 Å². The van der Waals surface area contributed by atoms with Gasteiger partial charge in [-0.2, -0.15) is 0 Å². The number of carboxylic acids is 1. The predicted octanol–water partition coefficient (Wildman–Crippen LogP) is 3.50. The number of nitrogens with one attached hydrogen (secondary N) is 1. The van der Waals surface area contributed by atoms with Crippen LogP contribution in [0, 0.1) is 0 Å². The van der Waals surface area contributed by atoms with E-state index in [0.717, 1.165) is 38.5 Å². The summed E-state index contributed by atoms with van der Waals surface area (Å²) in [7, 11) is -4.45. The number of hydrogen-bond acceptors (Lipinski definition) is 5. The monoisotopic (exact) mass is 502 g/mol. The van der Waals surface area contributed by atoms with Crippen LogP contribution >= 0.6 is 7.82 Å². The van der Waals surface area contributed by atoms with Crippen LogP contribution in [-0.2, 0) is 23.5 Å². The average Bonchev–Trinajstić information content (AvgIpc) is 2.72. The molecule has 194 valence electrons.